The Morgan fingerprint density at radius 1 is 1.56 bits per heavy atom. The zero-order valence-corrected chi connectivity index (χ0v) is 10.0. The van der Waals surface area contributed by atoms with Crippen LogP contribution in [0.5, 0.6) is 0 Å². The van der Waals surface area contributed by atoms with Gasteiger partial charge in [-0.25, -0.2) is 4.98 Å². The second-order valence-electron chi connectivity index (χ2n) is 3.65. The van der Waals surface area contributed by atoms with E-state index in [1.165, 1.54) is 0 Å². The summed E-state index contributed by atoms with van der Waals surface area (Å²) < 4.78 is 0. The van der Waals surface area contributed by atoms with Crippen molar-refractivity contribution in [2.75, 3.05) is 17.6 Å². The number of nitrogens with one attached hydrogen (secondary N) is 2. The van der Waals surface area contributed by atoms with Gasteiger partial charge in [-0.3, -0.25) is 4.79 Å². The van der Waals surface area contributed by atoms with E-state index < -0.39 is 0 Å². The third-order valence-corrected chi connectivity index (χ3v) is 1.97. The zero-order chi connectivity index (χ0) is 12.1. The van der Waals surface area contributed by atoms with Crippen LogP contribution in [0.3, 0.4) is 0 Å². The number of aromatic nitrogens is 1. The number of anilines is 2. The molecule has 1 heterocycles. The van der Waals surface area contributed by atoms with Gasteiger partial charge < -0.3 is 16.4 Å². The highest BCUT2D eigenvalue weighted by Gasteiger charge is 2.06. The van der Waals surface area contributed by atoms with Crippen LogP contribution in [0.1, 0.15) is 13.8 Å². The van der Waals surface area contributed by atoms with Gasteiger partial charge in [0.15, 0.2) is 5.82 Å². The zero-order valence-electron chi connectivity index (χ0n) is 9.25. The summed E-state index contributed by atoms with van der Waals surface area (Å²) in [5, 5.41) is 5.90. The molecule has 0 aliphatic heterocycles. The lowest BCUT2D eigenvalue weighted by Crippen LogP contribution is -2.35. The van der Waals surface area contributed by atoms with Crippen LogP contribution in [-0.4, -0.2) is 23.5 Å². The molecule has 5 nitrogen and oxygen atoms in total. The van der Waals surface area contributed by atoms with Crippen molar-refractivity contribution in [3.63, 3.8) is 0 Å². The standard InChI is InChI=1S/C10H15ClN4O/c1-6(2)14-9(16)5-13-10-7(12)3-4-8(11)15-10/h3-4,6H,5,12H2,1-2H3,(H,13,15)(H,14,16). The van der Waals surface area contributed by atoms with Crippen molar-refractivity contribution in [1.82, 2.24) is 10.3 Å². The minimum absolute atomic E-state index is 0.110. The number of carbonyl (C=O) groups excluding carboxylic acids is 1. The maximum Gasteiger partial charge on any atom is 0.239 e. The Labute approximate surface area is 99.4 Å². The Bertz CT molecular complexity index is 381. The van der Waals surface area contributed by atoms with Gasteiger partial charge in [0.25, 0.3) is 0 Å². The highest BCUT2D eigenvalue weighted by molar-refractivity contribution is 6.29. The van der Waals surface area contributed by atoms with E-state index in [0.717, 1.165) is 0 Å². The summed E-state index contributed by atoms with van der Waals surface area (Å²) in [6.45, 7) is 3.91. The average Bonchev–Trinajstić information content (AvgIpc) is 2.18. The number of halogens is 1. The molecule has 0 radical (unpaired) electrons. The first kappa shape index (κ1) is 12.6. The Balaban J connectivity index is 2.54. The van der Waals surface area contributed by atoms with Crippen molar-refractivity contribution in [1.29, 1.82) is 0 Å². The number of nitrogen functional groups attached to an aromatic ring is 1. The fraction of sp³-hybridized carbons (Fsp3) is 0.400. The summed E-state index contributed by atoms with van der Waals surface area (Å²) in [7, 11) is 0. The van der Waals surface area contributed by atoms with Crippen molar-refractivity contribution in [2.45, 2.75) is 19.9 Å². The molecule has 0 spiro atoms. The van der Waals surface area contributed by atoms with E-state index in [1.807, 2.05) is 13.8 Å². The summed E-state index contributed by atoms with van der Waals surface area (Å²) in [4.78, 5) is 15.3. The van der Waals surface area contributed by atoms with Crippen LogP contribution in [0.2, 0.25) is 5.15 Å². The predicted octanol–water partition coefficient (Wildman–Crippen LogP) is 1.25. The molecule has 0 aliphatic carbocycles. The molecule has 0 aliphatic rings. The number of carbonyl (C=O) groups is 1. The fourth-order valence-corrected chi connectivity index (χ4v) is 1.27. The van der Waals surface area contributed by atoms with Gasteiger partial charge in [-0.2, -0.15) is 0 Å². The van der Waals surface area contributed by atoms with Gasteiger partial charge in [-0.1, -0.05) is 11.6 Å². The van der Waals surface area contributed by atoms with Crippen LogP contribution in [0.4, 0.5) is 11.5 Å². The number of hydrogen-bond acceptors (Lipinski definition) is 4. The number of rotatable bonds is 4. The number of nitrogens with two attached hydrogens (primary N) is 1. The van der Waals surface area contributed by atoms with Gasteiger partial charge in [0.1, 0.15) is 5.15 Å². The molecule has 0 aromatic carbocycles. The molecule has 1 amide bonds. The summed E-state index contributed by atoms with van der Waals surface area (Å²) >= 11 is 5.71. The van der Waals surface area contributed by atoms with Gasteiger partial charge in [0, 0.05) is 6.04 Å². The first-order valence-electron chi connectivity index (χ1n) is 4.94. The first-order chi connectivity index (χ1) is 7.49. The van der Waals surface area contributed by atoms with E-state index in [0.29, 0.717) is 16.7 Å². The summed E-state index contributed by atoms with van der Waals surface area (Å²) in [5.41, 5.74) is 6.12. The Morgan fingerprint density at radius 2 is 2.25 bits per heavy atom. The van der Waals surface area contributed by atoms with E-state index in [1.54, 1.807) is 12.1 Å². The maximum atomic E-state index is 11.3. The van der Waals surface area contributed by atoms with Gasteiger partial charge in [-0.05, 0) is 26.0 Å². The molecule has 0 bridgehead atoms. The largest absolute Gasteiger partial charge is 0.396 e. The van der Waals surface area contributed by atoms with E-state index in [-0.39, 0.29) is 18.5 Å². The molecule has 6 heteroatoms. The summed E-state index contributed by atoms with van der Waals surface area (Å²) in [5.74, 6) is 0.308. The second kappa shape index (κ2) is 5.55. The van der Waals surface area contributed by atoms with Gasteiger partial charge >= 0.3 is 0 Å². The summed E-state index contributed by atoms with van der Waals surface area (Å²) in [6.07, 6.45) is 0. The van der Waals surface area contributed by atoms with Gasteiger partial charge in [0.2, 0.25) is 5.91 Å². The Kier molecular flexibility index (Phi) is 4.37. The normalized spacial score (nSPS) is 10.2. The molecular weight excluding hydrogens is 228 g/mol. The molecule has 0 atom stereocenters. The van der Waals surface area contributed by atoms with Crippen LogP contribution in [-0.2, 0) is 4.79 Å². The lowest BCUT2D eigenvalue weighted by atomic mass is 10.3. The number of amides is 1. The summed E-state index contributed by atoms with van der Waals surface area (Å²) in [6, 6.07) is 3.34. The van der Waals surface area contributed by atoms with Crippen molar-refractivity contribution in [3.05, 3.63) is 17.3 Å². The second-order valence-corrected chi connectivity index (χ2v) is 4.03. The molecule has 1 aromatic heterocycles. The minimum Gasteiger partial charge on any atom is -0.396 e. The minimum atomic E-state index is -0.115. The molecule has 1 rings (SSSR count). The van der Waals surface area contributed by atoms with Crippen molar-refractivity contribution >= 4 is 29.0 Å². The average molecular weight is 243 g/mol. The predicted molar refractivity (Wildman–Crippen MR) is 65.4 cm³/mol. The molecule has 0 saturated heterocycles. The van der Waals surface area contributed by atoms with E-state index in [4.69, 9.17) is 17.3 Å². The topological polar surface area (TPSA) is 80.0 Å². The molecule has 16 heavy (non-hydrogen) atoms. The Morgan fingerprint density at radius 3 is 2.88 bits per heavy atom. The smallest absolute Gasteiger partial charge is 0.239 e. The Hall–Kier alpha value is -1.49. The molecule has 4 N–H and O–H groups in total. The molecule has 0 unspecified atom stereocenters. The highest BCUT2D eigenvalue weighted by atomic mass is 35.5. The lowest BCUT2D eigenvalue weighted by molar-refractivity contribution is -0.119. The van der Waals surface area contributed by atoms with Crippen LogP contribution in [0.15, 0.2) is 12.1 Å². The van der Waals surface area contributed by atoms with Crippen LogP contribution < -0.4 is 16.4 Å². The van der Waals surface area contributed by atoms with Gasteiger partial charge in [-0.15, -0.1) is 0 Å². The molecule has 0 fully saturated rings. The molecule has 88 valence electrons. The van der Waals surface area contributed by atoms with Crippen molar-refractivity contribution in [2.24, 2.45) is 0 Å². The number of hydrogen-bond donors (Lipinski definition) is 3. The SMILES string of the molecule is CC(C)NC(=O)CNc1nc(Cl)ccc1N. The van der Waals surface area contributed by atoms with Crippen molar-refractivity contribution < 1.29 is 4.79 Å². The third kappa shape index (κ3) is 3.94. The lowest BCUT2D eigenvalue weighted by Gasteiger charge is -2.10. The van der Waals surface area contributed by atoms with E-state index >= 15 is 0 Å². The van der Waals surface area contributed by atoms with Gasteiger partial charge in [0.05, 0.1) is 12.2 Å². The van der Waals surface area contributed by atoms with Crippen LogP contribution in [0, 0.1) is 0 Å². The fourth-order valence-electron chi connectivity index (χ4n) is 1.12. The molecule has 1 aromatic rings. The monoisotopic (exact) mass is 242 g/mol. The molecular formula is C10H15ClN4O. The van der Waals surface area contributed by atoms with Crippen LogP contribution >= 0.6 is 11.6 Å². The molecule has 0 saturated carbocycles. The highest BCUT2D eigenvalue weighted by Crippen LogP contribution is 2.17. The quantitative estimate of drug-likeness (QED) is 0.695. The van der Waals surface area contributed by atoms with Crippen molar-refractivity contribution in [3.8, 4) is 0 Å². The van der Waals surface area contributed by atoms with E-state index in [2.05, 4.69) is 15.6 Å². The van der Waals surface area contributed by atoms with E-state index in [9.17, 15) is 4.79 Å². The number of pyridine rings is 1. The first-order valence-corrected chi connectivity index (χ1v) is 5.32. The maximum absolute atomic E-state index is 11.3. The number of nitrogens with zero attached hydrogens (tertiary/aromatic N) is 1. The third-order valence-electron chi connectivity index (χ3n) is 1.76. The van der Waals surface area contributed by atoms with Crippen LogP contribution in [0.25, 0.3) is 0 Å².